The van der Waals surface area contributed by atoms with Gasteiger partial charge in [-0.05, 0) is 35.2 Å². The maximum Gasteiger partial charge on any atom is 0.321 e. The summed E-state index contributed by atoms with van der Waals surface area (Å²) in [5, 5.41) is 0.434. The van der Waals surface area contributed by atoms with Crippen molar-refractivity contribution in [2.24, 2.45) is 0 Å². The van der Waals surface area contributed by atoms with Crippen molar-refractivity contribution in [1.82, 2.24) is 0 Å². The Morgan fingerprint density at radius 1 is 0.913 bits per heavy atom. The van der Waals surface area contributed by atoms with Gasteiger partial charge in [-0.2, -0.15) is 8.42 Å². The van der Waals surface area contributed by atoms with E-state index in [2.05, 4.69) is 30.2 Å². The summed E-state index contributed by atoms with van der Waals surface area (Å²) in [6, 6.07) is 12.0. The summed E-state index contributed by atoms with van der Waals surface area (Å²) in [6.07, 6.45) is 0. The molecule has 0 unspecified atom stereocenters. The highest BCUT2D eigenvalue weighted by Gasteiger charge is 2.16. The van der Waals surface area contributed by atoms with Crippen LogP contribution in [0.15, 0.2) is 42.5 Å². The van der Waals surface area contributed by atoms with Crippen LogP contribution in [0.2, 0.25) is 10.0 Å². The van der Waals surface area contributed by atoms with E-state index in [1.807, 2.05) is 12.1 Å². The lowest BCUT2D eigenvalue weighted by Crippen LogP contribution is -2.22. The Hall–Kier alpha value is -1.43. The molecule has 0 fully saturated rings. The minimum Gasteiger partial charge on any atom is -0.267 e. The Morgan fingerprint density at radius 2 is 1.52 bits per heavy atom. The third kappa shape index (κ3) is 4.77. The first-order valence-corrected chi connectivity index (χ1v) is 9.17. The largest absolute Gasteiger partial charge is 0.321 e. The van der Waals surface area contributed by atoms with Crippen LogP contribution < -0.4 is 9.44 Å². The fourth-order valence-corrected chi connectivity index (χ4v) is 3.31. The summed E-state index contributed by atoms with van der Waals surface area (Å²) >= 11 is 11.9. The summed E-state index contributed by atoms with van der Waals surface area (Å²) in [7, 11) is -3.82. The van der Waals surface area contributed by atoms with Gasteiger partial charge in [0.15, 0.2) is 0 Å². The van der Waals surface area contributed by atoms with Gasteiger partial charge in [0.2, 0.25) is 0 Å². The predicted octanol–water partition coefficient (Wildman–Crippen LogP) is 5.06. The molecule has 23 heavy (non-hydrogen) atoms. The summed E-state index contributed by atoms with van der Waals surface area (Å²) in [4.78, 5) is 0. The number of rotatable bonds is 4. The average molecular weight is 373 g/mol. The van der Waals surface area contributed by atoms with Crippen LogP contribution in [0.25, 0.3) is 0 Å². The second-order valence-corrected chi connectivity index (χ2v) is 8.34. The molecule has 2 N–H and O–H groups in total. The molecule has 0 amide bonds. The second-order valence-electron chi connectivity index (χ2n) is 6.14. The Balaban J connectivity index is 2.17. The molecule has 0 atom stereocenters. The highest BCUT2D eigenvalue weighted by atomic mass is 35.5. The number of nitrogens with one attached hydrogen (secondary N) is 2. The van der Waals surface area contributed by atoms with Gasteiger partial charge in [0, 0.05) is 0 Å². The number of halogens is 2. The normalized spacial score (nSPS) is 12.0. The zero-order chi connectivity index (χ0) is 17.3. The van der Waals surface area contributed by atoms with E-state index >= 15 is 0 Å². The van der Waals surface area contributed by atoms with Crippen LogP contribution in [0.3, 0.4) is 0 Å². The van der Waals surface area contributed by atoms with Crippen LogP contribution >= 0.6 is 23.2 Å². The van der Waals surface area contributed by atoms with E-state index in [1.165, 1.54) is 6.07 Å². The minimum absolute atomic E-state index is 0.00394. The molecule has 0 saturated heterocycles. The number of benzene rings is 2. The Morgan fingerprint density at radius 3 is 2.09 bits per heavy atom. The molecule has 0 bridgehead atoms. The number of hydrogen-bond donors (Lipinski definition) is 2. The Bertz CT molecular complexity index is 798. The van der Waals surface area contributed by atoms with Crippen LogP contribution in [0.1, 0.15) is 26.3 Å². The van der Waals surface area contributed by atoms with Crippen molar-refractivity contribution in [2.45, 2.75) is 26.2 Å². The summed E-state index contributed by atoms with van der Waals surface area (Å²) in [5.74, 6) is 0. The van der Waals surface area contributed by atoms with E-state index in [0.29, 0.717) is 5.69 Å². The lowest BCUT2D eigenvalue weighted by atomic mass is 9.87. The molecule has 0 heterocycles. The highest BCUT2D eigenvalue weighted by molar-refractivity contribution is 7.94. The molecular weight excluding hydrogens is 355 g/mol. The molecular formula is C16H18Cl2N2O2S. The second kappa shape index (κ2) is 6.59. The zero-order valence-electron chi connectivity index (χ0n) is 13.0. The molecule has 0 saturated carbocycles. The maximum absolute atomic E-state index is 12.2. The van der Waals surface area contributed by atoms with Crippen molar-refractivity contribution in [3.05, 3.63) is 58.1 Å². The molecule has 0 aliphatic rings. The van der Waals surface area contributed by atoms with Crippen LogP contribution in [0.4, 0.5) is 11.4 Å². The molecule has 2 rings (SSSR count). The lowest BCUT2D eigenvalue weighted by Gasteiger charge is -2.19. The molecule has 2 aromatic carbocycles. The van der Waals surface area contributed by atoms with E-state index in [4.69, 9.17) is 23.2 Å². The third-order valence-corrected chi connectivity index (χ3v) is 5.01. The van der Waals surface area contributed by atoms with Gasteiger partial charge in [-0.3, -0.25) is 9.44 Å². The lowest BCUT2D eigenvalue weighted by molar-refractivity contribution is 0.590. The first kappa shape index (κ1) is 17.9. The monoisotopic (exact) mass is 372 g/mol. The molecule has 124 valence electrons. The van der Waals surface area contributed by atoms with Gasteiger partial charge in [-0.25, -0.2) is 0 Å². The SMILES string of the molecule is CC(C)(C)c1ccc(NS(=O)(=O)Nc2cccc(Cl)c2Cl)cc1. The molecule has 7 heteroatoms. The summed E-state index contributed by atoms with van der Waals surface area (Å²) in [5.41, 5.74) is 1.80. The van der Waals surface area contributed by atoms with Gasteiger partial charge >= 0.3 is 10.2 Å². The molecule has 0 radical (unpaired) electrons. The van der Waals surface area contributed by atoms with E-state index in [-0.39, 0.29) is 21.1 Å². The Kier molecular flexibility index (Phi) is 5.14. The smallest absolute Gasteiger partial charge is 0.267 e. The van der Waals surface area contributed by atoms with Gasteiger partial charge in [0.25, 0.3) is 0 Å². The van der Waals surface area contributed by atoms with Gasteiger partial charge in [-0.15, -0.1) is 0 Å². The van der Waals surface area contributed by atoms with E-state index in [9.17, 15) is 8.42 Å². The molecule has 4 nitrogen and oxygen atoms in total. The quantitative estimate of drug-likeness (QED) is 0.787. The predicted molar refractivity (Wildman–Crippen MR) is 97.8 cm³/mol. The first-order chi connectivity index (χ1) is 10.6. The van der Waals surface area contributed by atoms with Crippen LogP contribution in [-0.2, 0) is 15.6 Å². The molecule has 0 aliphatic carbocycles. The zero-order valence-corrected chi connectivity index (χ0v) is 15.4. The fourth-order valence-electron chi connectivity index (χ4n) is 1.95. The number of anilines is 2. The average Bonchev–Trinajstić information content (AvgIpc) is 2.43. The Labute approximate surface area is 147 Å². The van der Waals surface area contributed by atoms with E-state index in [0.717, 1.165) is 5.56 Å². The first-order valence-electron chi connectivity index (χ1n) is 6.93. The highest BCUT2D eigenvalue weighted by Crippen LogP contribution is 2.30. The molecule has 0 aromatic heterocycles. The maximum atomic E-state index is 12.2. The summed E-state index contributed by atoms with van der Waals surface area (Å²) < 4.78 is 29.2. The van der Waals surface area contributed by atoms with Crippen molar-refractivity contribution in [1.29, 1.82) is 0 Å². The topological polar surface area (TPSA) is 58.2 Å². The molecule has 0 spiro atoms. The van der Waals surface area contributed by atoms with Crippen molar-refractivity contribution in [3.8, 4) is 0 Å². The summed E-state index contributed by atoms with van der Waals surface area (Å²) in [6.45, 7) is 6.28. The standard InChI is InChI=1S/C16H18Cl2N2O2S/c1-16(2,3)11-7-9-12(10-8-11)19-23(21,22)20-14-6-4-5-13(17)15(14)18/h4-10,19-20H,1-3H3. The van der Waals surface area contributed by atoms with Gasteiger partial charge in [0.1, 0.15) is 0 Å². The van der Waals surface area contributed by atoms with E-state index in [1.54, 1.807) is 24.3 Å². The molecule has 2 aromatic rings. The van der Waals surface area contributed by atoms with Crippen molar-refractivity contribution < 1.29 is 8.42 Å². The van der Waals surface area contributed by atoms with Crippen molar-refractivity contribution >= 4 is 44.8 Å². The van der Waals surface area contributed by atoms with Crippen LogP contribution in [0, 0.1) is 0 Å². The minimum atomic E-state index is -3.82. The van der Waals surface area contributed by atoms with E-state index < -0.39 is 10.2 Å². The molecule has 0 aliphatic heterocycles. The van der Waals surface area contributed by atoms with Gasteiger partial charge < -0.3 is 0 Å². The third-order valence-electron chi connectivity index (χ3n) is 3.20. The fraction of sp³-hybridized carbons (Fsp3) is 0.250. The van der Waals surface area contributed by atoms with Crippen LogP contribution in [-0.4, -0.2) is 8.42 Å². The van der Waals surface area contributed by atoms with Gasteiger partial charge in [-0.1, -0.05) is 62.2 Å². The van der Waals surface area contributed by atoms with Gasteiger partial charge in [0.05, 0.1) is 21.4 Å². The van der Waals surface area contributed by atoms with Crippen LogP contribution in [0.5, 0.6) is 0 Å². The van der Waals surface area contributed by atoms with Crippen molar-refractivity contribution in [2.75, 3.05) is 9.44 Å². The number of hydrogen-bond acceptors (Lipinski definition) is 2. The van der Waals surface area contributed by atoms with Crippen molar-refractivity contribution in [3.63, 3.8) is 0 Å².